The van der Waals surface area contributed by atoms with Crippen LogP contribution >= 0.6 is 0 Å². The van der Waals surface area contributed by atoms with Gasteiger partial charge in [-0.15, -0.1) is 0 Å². The number of methoxy groups -OCH3 is 1. The second-order valence-electron chi connectivity index (χ2n) is 6.48. The molecule has 18 heavy (non-hydrogen) atoms. The third kappa shape index (κ3) is 4.87. The van der Waals surface area contributed by atoms with E-state index in [-0.39, 0.29) is 5.60 Å². The van der Waals surface area contributed by atoms with E-state index in [9.17, 15) is 0 Å². The van der Waals surface area contributed by atoms with Crippen LogP contribution in [0.15, 0.2) is 0 Å². The Morgan fingerprint density at radius 1 is 1.39 bits per heavy atom. The summed E-state index contributed by atoms with van der Waals surface area (Å²) in [5.41, 5.74) is 3.02. The molecule has 1 saturated carbocycles. The molecule has 3 nitrogen and oxygen atoms in total. The maximum absolute atomic E-state index is 5.77. The average Bonchev–Trinajstić information content (AvgIpc) is 2.39. The number of hydrogen-bond acceptors (Lipinski definition) is 3. The highest BCUT2D eigenvalue weighted by molar-refractivity contribution is 4.83. The third-order valence-corrected chi connectivity index (χ3v) is 4.79. The van der Waals surface area contributed by atoms with Crippen LogP contribution in [0.3, 0.4) is 0 Å². The maximum Gasteiger partial charge on any atom is 0.0623 e. The molecule has 0 aromatic heterocycles. The van der Waals surface area contributed by atoms with Gasteiger partial charge in [0, 0.05) is 13.2 Å². The molecule has 1 rings (SSSR count). The summed E-state index contributed by atoms with van der Waals surface area (Å²) in [4.78, 5) is 0. The molecule has 3 unspecified atom stereocenters. The first-order valence-corrected chi connectivity index (χ1v) is 7.53. The first kappa shape index (κ1) is 15.9. The summed E-state index contributed by atoms with van der Waals surface area (Å²) >= 11 is 0. The SMILES string of the molecule is CCC1CCCC(C(CCC(C)(C)OC)NN)C1. The highest BCUT2D eigenvalue weighted by atomic mass is 16.5. The van der Waals surface area contributed by atoms with E-state index in [1.807, 2.05) is 0 Å². The number of hydrazine groups is 1. The zero-order valence-electron chi connectivity index (χ0n) is 12.7. The van der Waals surface area contributed by atoms with Gasteiger partial charge in [-0.3, -0.25) is 11.3 Å². The molecule has 0 heterocycles. The van der Waals surface area contributed by atoms with Gasteiger partial charge in [0.1, 0.15) is 0 Å². The molecule has 1 fully saturated rings. The zero-order valence-corrected chi connectivity index (χ0v) is 12.7. The molecular weight excluding hydrogens is 224 g/mol. The summed E-state index contributed by atoms with van der Waals surface area (Å²) in [6.07, 6.45) is 8.95. The van der Waals surface area contributed by atoms with E-state index in [1.165, 1.54) is 32.1 Å². The molecule has 0 radical (unpaired) electrons. The lowest BCUT2D eigenvalue weighted by molar-refractivity contribution is 0.00907. The van der Waals surface area contributed by atoms with Crippen molar-refractivity contribution in [1.82, 2.24) is 5.43 Å². The van der Waals surface area contributed by atoms with Crippen LogP contribution in [0.25, 0.3) is 0 Å². The van der Waals surface area contributed by atoms with Crippen molar-refractivity contribution in [2.45, 2.75) is 77.4 Å². The van der Waals surface area contributed by atoms with E-state index in [2.05, 4.69) is 26.2 Å². The quantitative estimate of drug-likeness (QED) is 0.543. The fourth-order valence-corrected chi connectivity index (χ4v) is 3.13. The van der Waals surface area contributed by atoms with Crippen LogP contribution in [-0.2, 0) is 4.74 Å². The first-order chi connectivity index (χ1) is 8.52. The minimum atomic E-state index is -0.0338. The standard InChI is InChI=1S/C15H32N2O/c1-5-12-7-6-8-13(11-12)14(17-16)9-10-15(2,3)18-4/h12-14,17H,5-11,16H2,1-4H3. The second kappa shape index (κ2) is 7.46. The Hall–Kier alpha value is -0.120. The van der Waals surface area contributed by atoms with Gasteiger partial charge in [0.25, 0.3) is 0 Å². The van der Waals surface area contributed by atoms with Crippen molar-refractivity contribution in [3.63, 3.8) is 0 Å². The number of ether oxygens (including phenoxy) is 1. The number of rotatable bonds is 7. The summed E-state index contributed by atoms with van der Waals surface area (Å²) in [5.74, 6) is 7.43. The molecule has 108 valence electrons. The van der Waals surface area contributed by atoms with Crippen LogP contribution in [-0.4, -0.2) is 18.8 Å². The fourth-order valence-electron chi connectivity index (χ4n) is 3.13. The zero-order chi connectivity index (χ0) is 13.6. The van der Waals surface area contributed by atoms with Crippen molar-refractivity contribution in [2.75, 3.05) is 7.11 Å². The van der Waals surface area contributed by atoms with Crippen molar-refractivity contribution in [3.05, 3.63) is 0 Å². The van der Waals surface area contributed by atoms with Gasteiger partial charge in [0.15, 0.2) is 0 Å². The lowest BCUT2D eigenvalue weighted by Crippen LogP contribution is -2.43. The summed E-state index contributed by atoms with van der Waals surface area (Å²) in [6.45, 7) is 6.61. The van der Waals surface area contributed by atoms with Gasteiger partial charge in [-0.05, 0) is 51.4 Å². The van der Waals surface area contributed by atoms with Crippen LogP contribution in [0.2, 0.25) is 0 Å². The molecule has 0 aromatic carbocycles. The first-order valence-electron chi connectivity index (χ1n) is 7.53. The summed E-state index contributed by atoms with van der Waals surface area (Å²) in [5, 5.41) is 0. The topological polar surface area (TPSA) is 47.3 Å². The lowest BCUT2D eigenvalue weighted by Gasteiger charge is -2.35. The Morgan fingerprint density at radius 2 is 2.11 bits per heavy atom. The average molecular weight is 256 g/mol. The molecule has 0 aliphatic heterocycles. The Balaban J connectivity index is 2.44. The Bertz CT molecular complexity index is 231. The largest absolute Gasteiger partial charge is 0.379 e. The molecule has 0 saturated heterocycles. The Kier molecular flexibility index (Phi) is 6.61. The van der Waals surface area contributed by atoms with E-state index in [4.69, 9.17) is 10.6 Å². The molecule has 0 bridgehead atoms. The van der Waals surface area contributed by atoms with E-state index < -0.39 is 0 Å². The molecule has 3 N–H and O–H groups in total. The minimum absolute atomic E-state index is 0.0338. The Labute approximate surface area is 113 Å². The molecule has 1 aliphatic rings. The minimum Gasteiger partial charge on any atom is -0.379 e. The molecule has 0 amide bonds. The van der Waals surface area contributed by atoms with E-state index in [1.54, 1.807) is 7.11 Å². The Morgan fingerprint density at radius 3 is 2.67 bits per heavy atom. The van der Waals surface area contributed by atoms with Gasteiger partial charge >= 0.3 is 0 Å². The van der Waals surface area contributed by atoms with E-state index in [0.717, 1.165) is 24.7 Å². The third-order valence-electron chi connectivity index (χ3n) is 4.79. The van der Waals surface area contributed by atoms with E-state index >= 15 is 0 Å². The van der Waals surface area contributed by atoms with Crippen LogP contribution in [0, 0.1) is 11.8 Å². The van der Waals surface area contributed by atoms with Gasteiger partial charge in [-0.25, -0.2) is 0 Å². The van der Waals surface area contributed by atoms with Crippen molar-refractivity contribution in [3.8, 4) is 0 Å². The van der Waals surface area contributed by atoms with Gasteiger partial charge in [0.2, 0.25) is 0 Å². The molecule has 0 aromatic rings. The van der Waals surface area contributed by atoms with Gasteiger partial charge in [-0.2, -0.15) is 0 Å². The smallest absolute Gasteiger partial charge is 0.0623 e. The van der Waals surface area contributed by atoms with Gasteiger partial charge < -0.3 is 4.74 Å². The molecule has 0 spiro atoms. The van der Waals surface area contributed by atoms with Crippen molar-refractivity contribution < 1.29 is 4.74 Å². The maximum atomic E-state index is 5.77. The number of hydrogen-bond donors (Lipinski definition) is 2. The number of nitrogens with two attached hydrogens (primary N) is 1. The van der Waals surface area contributed by atoms with Crippen molar-refractivity contribution in [1.29, 1.82) is 0 Å². The highest BCUT2D eigenvalue weighted by Crippen LogP contribution is 2.34. The summed E-state index contributed by atoms with van der Waals surface area (Å²) in [7, 11) is 1.79. The van der Waals surface area contributed by atoms with Crippen molar-refractivity contribution >= 4 is 0 Å². The fraction of sp³-hybridized carbons (Fsp3) is 1.00. The van der Waals surface area contributed by atoms with Gasteiger partial charge in [0.05, 0.1) is 5.60 Å². The van der Waals surface area contributed by atoms with E-state index in [0.29, 0.717) is 6.04 Å². The second-order valence-corrected chi connectivity index (χ2v) is 6.48. The molecule has 3 atom stereocenters. The predicted molar refractivity (Wildman–Crippen MR) is 77.2 cm³/mol. The van der Waals surface area contributed by atoms with Gasteiger partial charge in [-0.1, -0.05) is 26.2 Å². The highest BCUT2D eigenvalue weighted by Gasteiger charge is 2.28. The predicted octanol–water partition coefficient (Wildman–Crippen LogP) is 3.24. The monoisotopic (exact) mass is 256 g/mol. The number of nitrogens with one attached hydrogen (secondary N) is 1. The van der Waals surface area contributed by atoms with Crippen LogP contribution in [0.1, 0.15) is 65.7 Å². The normalized spacial score (nSPS) is 27.2. The van der Waals surface area contributed by atoms with Crippen LogP contribution in [0.5, 0.6) is 0 Å². The van der Waals surface area contributed by atoms with Crippen molar-refractivity contribution in [2.24, 2.45) is 17.7 Å². The summed E-state index contributed by atoms with van der Waals surface area (Å²) in [6, 6.07) is 0.453. The summed E-state index contributed by atoms with van der Waals surface area (Å²) < 4.78 is 5.49. The molecular formula is C15H32N2O. The lowest BCUT2D eigenvalue weighted by atomic mass is 9.75. The van der Waals surface area contributed by atoms with Crippen LogP contribution in [0.4, 0.5) is 0 Å². The molecule has 3 heteroatoms. The van der Waals surface area contributed by atoms with Crippen LogP contribution < -0.4 is 11.3 Å². The molecule has 1 aliphatic carbocycles.